The van der Waals surface area contributed by atoms with E-state index >= 15 is 0 Å². The van der Waals surface area contributed by atoms with Gasteiger partial charge in [-0.2, -0.15) is 0 Å². The Hall–Kier alpha value is -0.770. The van der Waals surface area contributed by atoms with Crippen LogP contribution in [0.15, 0.2) is 18.2 Å². The average molecular weight is 282 g/mol. The molecule has 2 atom stereocenters. The lowest BCUT2D eigenvalue weighted by Crippen LogP contribution is -2.44. The van der Waals surface area contributed by atoms with E-state index in [4.69, 9.17) is 16.3 Å². The molecular formula is C15H20ClNO2. The molecule has 0 saturated carbocycles. The molecule has 2 fully saturated rings. The van der Waals surface area contributed by atoms with Crippen LogP contribution in [0.1, 0.15) is 31.2 Å². The lowest BCUT2D eigenvalue weighted by molar-refractivity contribution is 0.0307. The minimum Gasteiger partial charge on any atom is -0.496 e. The number of rotatable bonds is 3. The first kappa shape index (κ1) is 13.2. The van der Waals surface area contributed by atoms with Crippen molar-refractivity contribution in [1.29, 1.82) is 0 Å². The summed E-state index contributed by atoms with van der Waals surface area (Å²) in [7, 11) is 1.70. The molecule has 2 bridgehead atoms. The molecule has 2 unspecified atom stereocenters. The van der Waals surface area contributed by atoms with Gasteiger partial charge in [-0.05, 0) is 43.9 Å². The topological polar surface area (TPSA) is 32.7 Å². The molecule has 0 aliphatic carbocycles. The maximum Gasteiger partial charge on any atom is 0.123 e. The van der Waals surface area contributed by atoms with Crippen LogP contribution in [0.2, 0.25) is 5.02 Å². The highest BCUT2D eigenvalue weighted by atomic mass is 35.5. The highest BCUT2D eigenvalue weighted by Crippen LogP contribution is 2.38. The van der Waals surface area contributed by atoms with Crippen LogP contribution in [-0.4, -0.2) is 35.3 Å². The standard InChI is InChI=1S/C15H20ClNO2/c1-19-15-5-2-11(16)6-10(15)9-17-12-3-4-13(17)8-14(18)7-12/h2,5-6,12-14,18H,3-4,7-9H2,1H3. The van der Waals surface area contributed by atoms with Gasteiger partial charge in [-0.1, -0.05) is 11.6 Å². The average Bonchev–Trinajstić information content (AvgIpc) is 2.62. The van der Waals surface area contributed by atoms with Gasteiger partial charge in [-0.25, -0.2) is 0 Å². The molecule has 3 nitrogen and oxygen atoms in total. The zero-order valence-electron chi connectivity index (χ0n) is 11.2. The summed E-state index contributed by atoms with van der Waals surface area (Å²) in [4.78, 5) is 2.51. The summed E-state index contributed by atoms with van der Waals surface area (Å²) in [6.07, 6.45) is 4.09. The molecule has 1 N–H and O–H groups in total. The molecular weight excluding hydrogens is 262 g/mol. The number of aliphatic hydroxyl groups excluding tert-OH is 1. The Kier molecular flexibility index (Phi) is 3.70. The fourth-order valence-corrected chi connectivity index (χ4v) is 3.77. The summed E-state index contributed by atoms with van der Waals surface area (Å²) in [6.45, 7) is 0.867. The molecule has 0 aromatic heterocycles. The van der Waals surface area contributed by atoms with Crippen molar-refractivity contribution in [2.75, 3.05) is 7.11 Å². The summed E-state index contributed by atoms with van der Waals surface area (Å²) < 4.78 is 5.42. The van der Waals surface area contributed by atoms with E-state index in [1.54, 1.807) is 7.11 Å². The molecule has 1 aromatic rings. The van der Waals surface area contributed by atoms with Crippen molar-refractivity contribution in [3.05, 3.63) is 28.8 Å². The summed E-state index contributed by atoms with van der Waals surface area (Å²) in [5, 5.41) is 10.6. The van der Waals surface area contributed by atoms with Crippen LogP contribution in [-0.2, 0) is 6.54 Å². The molecule has 19 heavy (non-hydrogen) atoms. The zero-order valence-corrected chi connectivity index (χ0v) is 11.9. The first-order valence-corrected chi connectivity index (χ1v) is 7.31. The van der Waals surface area contributed by atoms with Crippen LogP contribution in [0, 0.1) is 0 Å². The zero-order chi connectivity index (χ0) is 13.4. The third-order valence-corrected chi connectivity index (χ3v) is 4.69. The van der Waals surface area contributed by atoms with Gasteiger partial charge >= 0.3 is 0 Å². The maximum absolute atomic E-state index is 9.85. The predicted molar refractivity (Wildman–Crippen MR) is 75.6 cm³/mol. The van der Waals surface area contributed by atoms with Crippen molar-refractivity contribution in [2.24, 2.45) is 0 Å². The van der Waals surface area contributed by atoms with E-state index in [9.17, 15) is 5.11 Å². The smallest absolute Gasteiger partial charge is 0.123 e. The van der Waals surface area contributed by atoms with Crippen LogP contribution >= 0.6 is 11.6 Å². The van der Waals surface area contributed by atoms with E-state index < -0.39 is 0 Å². The largest absolute Gasteiger partial charge is 0.496 e. The second-order valence-corrected chi connectivity index (χ2v) is 6.08. The van der Waals surface area contributed by atoms with E-state index in [-0.39, 0.29) is 6.10 Å². The van der Waals surface area contributed by atoms with Gasteiger partial charge in [0.25, 0.3) is 0 Å². The Balaban J connectivity index is 1.80. The summed E-state index contributed by atoms with van der Waals surface area (Å²) in [6, 6.07) is 6.80. The lowest BCUT2D eigenvalue weighted by Gasteiger charge is -2.37. The molecule has 2 aliphatic heterocycles. The number of benzene rings is 1. The molecule has 4 heteroatoms. The molecule has 3 rings (SSSR count). The number of ether oxygens (including phenoxy) is 1. The number of piperidine rings is 1. The second kappa shape index (κ2) is 5.31. The van der Waals surface area contributed by atoms with Crippen LogP contribution in [0.5, 0.6) is 5.75 Å². The Morgan fingerprint density at radius 3 is 2.63 bits per heavy atom. The second-order valence-electron chi connectivity index (χ2n) is 5.64. The third-order valence-electron chi connectivity index (χ3n) is 4.45. The van der Waals surface area contributed by atoms with Gasteiger partial charge in [-0.15, -0.1) is 0 Å². The third kappa shape index (κ3) is 2.60. The van der Waals surface area contributed by atoms with Crippen molar-refractivity contribution in [3.63, 3.8) is 0 Å². The molecule has 2 saturated heterocycles. The number of aliphatic hydroxyl groups is 1. The summed E-state index contributed by atoms with van der Waals surface area (Å²) in [5.74, 6) is 0.898. The molecule has 2 heterocycles. The maximum atomic E-state index is 9.85. The molecule has 1 aromatic carbocycles. The minimum atomic E-state index is -0.116. The Labute approximate surface area is 119 Å². The van der Waals surface area contributed by atoms with Gasteiger partial charge in [-0.3, -0.25) is 4.90 Å². The van der Waals surface area contributed by atoms with Crippen molar-refractivity contribution in [3.8, 4) is 5.75 Å². The van der Waals surface area contributed by atoms with E-state index in [1.165, 1.54) is 12.8 Å². The first-order valence-electron chi connectivity index (χ1n) is 6.93. The summed E-state index contributed by atoms with van der Waals surface area (Å²) in [5.41, 5.74) is 1.14. The van der Waals surface area contributed by atoms with Crippen LogP contribution < -0.4 is 4.74 Å². The van der Waals surface area contributed by atoms with Crippen LogP contribution in [0.25, 0.3) is 0 Å². The molecule has 0 amide bonds. The SMILES string of the molecule is COc1ccc(Cl)cc1CN1C2CCC1CC(O)C2. The monoisotopic (exact) mass is 281 g/mol. The predicted octanol–water partition coefficient (Wildman–Crippen LogP) is 2.84. The Morgan fingerprint density at radius 2 is 2.00 bits per heavy atom. The number of nitrogens with zero attached hydrogens (tertiary/aromatic N) is 1. The van der Waals surface area contributed by atoms with Gasteiger partial charge in [0.1, 0.15) is 5.75 Å². The quantitative estimate of drug-likeness (QED) is 0.925. The van der Waals surface area contributed by atoms with Crippen molar-refractivity contribution < 1.29 is 9.84 Å². The van der Waals surface area contributed by atoms with Gasteiger partial charge < -0.3 is 9.84 Å². The fraction of sp³-hybridized carbons (Fsp3) is 0.600. The Morgan fingerprint density at radius 1 is 1.32 bits per heavy atom. The van der Waals surface area contributed by atoms with E-state index in [2.05, 4.69) is 4.90 Å². The number of fused-ring (bicyclic) bond motifs is 2. The molecule has 2 aliphatic rings. The van der Waals surface area contributed by atoms with Crippen LogP contribution in [0.3, 0.4) is 0 Å². The molecule has 0 radical (unpaired) electrons. The first-order chi connectivity index (χ1) is 9.17. The van der Waals surface area contributed by atoms with Gasteiger partial charge in [0, 0.05) is 29.2 Å². The number of halogens is 1. The van der Waals surface area contributed by atoms with Gasteiger partial charge in [0.15, 0.2) is 0 Å². The Bertz CT molecular complexity index is 451. The van der Waals surface area contributed by atoms with Crippen molar-refractivity contribution in [2.45, 2.75) is 50.4 Å². The van der Waals surface area contributed by atoms with Crippen LogP contribution in [0.4, 0.5) is 0 Å². The molecule has 0 spiro atoms. The normalized spacial score (nSPS) is 30.6. The highest BCUT2D eigenvalue weighted by molar-refractivity contribution is 6.30. The number of methoxy groups -OCH3 is 1. The van der Waals surface area contributed by atoms with Crippen molar-refractivity contribution in [1.82, 2.24) is 4.90 Å². The van der Waals surface area contributed by atoms with E-state index in [0.717, 1.165) is 35.7 Å². The molecule has 104 valence electrons. The van der Waals surface area contributed by atoms with Crippen molar-refractivity contribution >= 4 is 11.6 Å². The highest BCUT2D eigenvalue weighted by Gasteiger charge is 2.40. The van der Waals surface area contributed by atoms with Gasteiger partial charge in [0.05, 0.1) is 13.2 Å². The fourth-order valence-electron chi connectivity index (χ4n) is 3.57. The number of hydrogen-bond donors (Lipinski definition) is 1. The van der Waals surface area contributed by atoms with Gasteiger partial charge in [0.2, 0.25) is 0 Å². The number of hydrogen-bond acceptors (Lipinski definition) is 3. The minimum absolute atomic E-state index is 0.116. The van der Waals surface area contributed by atoms with E-state index in [0.29, 0.717) is 12.1 Å². The van der Waals surface area contributed by atoms with E-state index in [1.807, 2.05) is 18.2 Å². The lowest BCUT2D eigenvalue weighted by atomic mass is 9.99. The summed E-state index contributed by atoms with van der Waals surface area (Å²) >= 11 is 6.09.